The Morgan fingerprint density at radius 3 is 2.32 bits per heavy atom. The number of thiazole rings is 1. The van der Waals surface area contributed by atoms with Crippen LogP contribution in [0.3, 0.4) is 0 Å². The summed E-state index contributed by atoms with van der Waals surface area (Å²) >= 11 is 1.37. The SMILES string of the molecule is Cc1c([N+](=O)[O-])cc(C(=O)Nc2nc3c(s2)CCCC3)cc1[N+](=O)[O-]. The lowest BCUT2D eigenvalue weighted by Gasteiger charge is -2.06. The van der Waals surface area contributed by atoms with Gasteiger partial charge >= 0.3 is 0 Å². The highest BCUT2D eigenvalue weighted by Gasteiger charge is 2.26. The van der Waals surface area contributed by atoms with Crippen molar-refractivity contribution in [3.63, 3.8) is 0 Å². The number of nitrogens with zero attached hydrogens (tertiary/aromatic N) is 3. The van der Waals surface area contributed by atoms with Gasteiger partial charge in [-0.05, 0) is 32.6 Å². The molecule has 0 fully saturated rings. The Labute approximate surface area is 146 Å². The maximum absolute atomic E-state index is 12.4. The lowest BCUT2D eigenvalue weighted by Crippen LogP contribution is -2.13. The molecule has 130 valence electrons. The first-order valence-corrected chi connectivity index (χ1v) is 8.42. The number of nitro benzene ring substituents is 2. The lowest BCUT2D eigenvalue weighted by molar-refractivity contribution is -0.395. The Bertz CT molecular complexity index is 834. The zero-order valence-corrected chi connectivity index (χ0v) is 14.1. The number of nitro groups is 2. The van der Waals surface area contributed by atoms with E-state index in [9.17, 15) is 25.0 Å². The third-order valence-corrected chi connectivity index (χ3v) is 5.15. The smallest absolute Gasteiger partial charge is 0.279 e. The van der Waals surface area contributed by atoms with Gasteiger partial charge in [-0.15, -0.1) is 11.3 Å². The van der Waals surface area contributed by atoms with Crippen molar-refractivity contribution in [2.24, 2.45) is 0 Å². The third kappa shape index (κ3) is 3.33. The molecule has 0 saturated heterocycles. The van der Waals surface area contributed by atoms with Crippen LogP contribution in [-0.4, -0.2) is 20.7 Å². The molecule has 0 radical (unpaired) electrons. The van der Waals surface area contributed by atoms with Gasteiger partial charge in [0, 0.05) is 17.0 Å². The highest BCUT2D eigenvalue weighted by atomic mass is 32.1. The lowest BCUT2D eigenvalue weighted by atomic mass is 10.0. The second-order valence-electron chi connectivity index (χ2n) is 5.70. The standard InChI is InChI=1S/C15H14N4O5S/c1-8-11(18(21)22)6-9(7-12(8)19(23)24)14(20)17-15-16-10-4-2-3-5-13(10)25-15/h6-7H,2-5H2,1H3,(H,16,17,20). The first-order chi connectivity index (χ1) is 11.9. The Hall–Kier alpha value is -2.88. The van der Waals surface area contributed by atoms with Crippen LogP contribution < -0.4 is 5.32 Å². The molecule has 0 unspecified atom stereocenters. The molecule has 1 aromatic heterocycles. The van der Waals surface area contributed by atoms with E-state index in [1.807, 2.05) is 0 Å². The minimum absolute atomic E-state index is 0.0868. The van der Waals surface area contributed by atoms with Crippen molar-refractivity contribution in [1.82, 2.24) is 4.98 Å². The predicted octanol–water partition coefficient (Wildman–Crippen LogP) is 3.40. The van der Waals surface area contributed by atoms with Gasteiger partial charge in [-0.3, -0.25) is 30.3 Å². The Morgan fingerprint density at radius 1 is 1.16 bits per heavy atom. The fourth-order valence-electron chi connectivity index (χ4n) is 2.77. The fraction of sp³-hybridized carbons (Fsp3) is 0.333. The monoisotopic (exact) mass is 362 g/mol. The van der Waals surface area contributed by atoms with E-state index in [4.69, 9.17) is 0 Å². The molecule has 0 bridgehead atoms. The zero-order chi connectivity index (χ0) is 18.1. The molecule has 0 atom stereocenters. The van der Waals surface area contributed by atoms with E-state index in [2.05, 4.69) is 10.3 Å². The minimum Gasteiger partial charge on any atom is -0.298 e. The molecule has 0 aliphatic heterocycles. The molecule has 3 rings (SSSR count). The second kappa shape index (κ2) is 6.55. The van der Waals surface area contributed by atoms with Crippen LogP contribution in [0.4, 0.5) is 16.5 Å². The third-order valence-electron chi connectivity index (χ3n) is 4.07. The Balaban J connectivity index is 1.92. The molecule has 1 N–H and O–H groups in total. The molecular formula is C15H14N4O5S. The first kappa shape index (κ1) is 17.0. The number of amides is 1. The van der Waals surface area contributed by atoms with Crippen molar-refractivity contribution in [2.75, 3.05) is 5.32 Å². The number of carbonyl (C=O) groups excluding carboxylic acids is 1. The van der Waals surface area contributed by atoms with E-state index in [1.165, 1.54) is 18.3 Å². The van der Waals surface area contributed by atoms with E-state index in [1.54, 1.807) is 0 Å². The molecule has 1 aromatic carbocycles. The largest absolute Gasteiger partial charge is 0.298 e. The number of rotatable bonds is 4. The molecule has 1 aliphatic rings. The molecule has 0 saturated carbocycles. The number of hydrogen-bond acceptors (Lipinski definition) is 7. The fourth-order valence-corrected chi connectivity index (χ4v) is 3.81. The summed E-state index contributed by atoms with van der Waals surface area (Å²) in [6, 6.07) is 2.09. The maximum atomic E-state index is 12.4. The quantitative estimate of drug-likeness (QED) is 0.655. The van der Waals surface area contributed by atoms with Crippen molar-refractivity contribution < 1.29 is 14.6 Å². The Kier molecular flexibility index (Phi) is 4.45. The van der Waals surface area contributed by atoms with Gasteiger partial charge in [0.1, 0.15) is 5.56 Å². The topological polar surface area (TPSA) is 128 Å². The van der Waals surface area contributed by atoms with Crippen molar-refractivity contribution in [1.29, 1.82) is 0 Å². The first-order valence-electron chi connectivity index (χ1n) is 7.60. The molecule has 9 nitrogen and oxygen atoms in total. The summed E-state index contributed by atoms with van der Waals surface area (Å²) in [5.74, 6) is -0.655. The van der Waals surface area contributed by atoms with Crippen LogP contribution in [0.15, 0.2) is 12.1 Å². The van der Waals surface area contributed by atoms with Gasteiger partial charge in [0.2, 0.25) is 0 Å². The second-order valence-corrected chi connectivity index (χ2v) is 6.79. The number of aryl methyl sites for hydroxylation is 2. The minimum atomic E-state index is -0.735. The van der Waals surface area contributed by atoms with Crippen molar-refractivity contribution >= 4 is 33.8 Å². The molecule has 2 aromatic rings. The normalized spacial score (nSPS) is 13.2. The van der Waals surface area contributed by atoms with Gasteiger partial charge in [0.25, 0.3) is 17.3 Å². The highest BCUT2D eigenvalue weighted by Crippen LogP contribution is 2.32. The van der Waals surface area contributed by atoms with Gasteiger partial charge in [-0.2, -0.15) is 0 Å². The zero-order valence-electron chi connectivity index (χ0n) is 13.3. The van der Waals surface area contributed by atoms with Gasteiger partial charge in [0.15, 0.2) is 5.13 Å². The molecule has 1 heterocycles. The van der Waals surface area contributed by atoms with Crippen LogP contribution >= 0.6 is 11.3 Å². The molecule has 0 spiro atoms. The van der Waals surface area contributed by atoms with Gasteiger partial charge < -0.3 is 0 Å². The number of nitrogens with one attached hydrogen (secondary N) is 1. The molecule has 1 amide bonds. The van der Waals surface area contributed by atoms with Crippen LogP contribution in [0.1, 0.15) is 39.3 Å². The molecular weight excluding hydrogens is 348 g/mol. The molecule has 10 heteroatoms. The van der Waals surface area contributed by atoms with Gasteiger partial charge in [-0.25, -0.2) is 4.98 Å². The van der Waals surface area contributed by atoms with Crippen LogP contribution in [-0.2, 0) is 12.8 Å². The summed E-state index contributed by atoms with van der Waals surface area (Å²) in [5.41, 5.74) is -0.184. The summed E-state index contributed by atoms with van der Waals surface area (Å²) in [7, 11) is 0. The average molecular weight is 362 g/mol. The van der Waals surface area contributed by atoms with E-state index in [0.717, 1.165) is 48.4 Å². The summed E-state index contributed by atoms with van der Waals surface area (Å²) < 4.78 is 0. The maximum Gasteiger partial charge on any atom is 0.279 e. The van der Waals surface area contributed by atoms with E-state index < -0.39 is 27.1 Å². The van der Waals surface area contributed by atoms with Gasteiger partial charge in [0.05, 0.1) is 21.1 Å². The number of hydrogen-bond donors (Lipinski definition) is 1. The number of aromatic nitrogens is 1. The number of anilines is 1. The van der Waals surface area contributed by atoms with Crippen LogP contribution in [0, 0.1) is 27.2 Å². The van der Waals surface area contributed by atoms with Crippen molar-refractivity contribution in [3.8, 4) is 0 Å². The summed E-state index contributed by atoms with van der Waals surface area (Å²) in [4.78, 5) is 38.6. The van der Waals surface area contributed by atoms with Crippen LogP contribution in [0.5, 0.6) is 0 Å². The van der Waals surface area contributed by atoms with Gasteiger partial charge in [-0.1, -0.05) is 0 Å². The Morgan fingerprint density at radius 2 is 1.76 bits per heavy atom. The number of fused-ring (bicyclic) bond motifs is 1. The molecule has 1 aliphatic carbocycles. The average Bonchev–Trinajstić information content (AvgIpc) is 2.96. The summed E-state index contributed by atoms with van der Waals surface area (Å²) in [5, 5.41) is 25.2. The van der Waals surface area contributed by atoms with E-state index >= 15 is 0 Å². The summed E-state index contributed by atoms with van der Waals surface area (Å²) in [6.45, 7) is 1.28. The van der Waals surface area contributed by atoms with E-state index in [-0.39, 0.29) is 11.1 Å². The predicted molar refractivity (Wildman–Crippen MR) is 91.2 cm³/mol. The summed E-state index contributed by atoms with van der Waals surface area (Å²) in [6.07, 6.45) is 3.92. The number of benzene rings is 1. The number of carbonyl (C=O) groups is 1. The highest BCUT2D eigenvalue weighted by molar-refractivity contribution is 7.15. The van der Waals surface area contributed by atoms with Crippen molar-refractivity contribution in [2.45, 2.75) is 32.6 Å². The van der Waals surface area contributed by atoms with Crippen LogP contribution in [0.25, 0.3) is 0 Å². The van der Waals surface area contributed by atoms with E-state index in [0.29, 0.717) is 5.13 Å². The van der Waals surface area contributed by atoms with Crippen molar-refractivity contribution in [3.05, 3.63) is 54.1 Å². The van der Waals surface area contributed by atoms with Crippen LogP contribution in [0.2, 0.25) is 0 Å². The molecule has 25 heavy (non-hydrogen) atoms.